The van der Waals surface area contributed by atoms with Crippen molar-refractivity contribution in [2.45, 2.75) is 58.2 Å². The fraction of sp³-hybridized carbons (Fsp3) is 0.220. The Kier molecular flexibility index (Phi) is 7.76. The third-order valence-electron chi connectivity index (χ3n) is 10.4. The van der Waals surface area contributed by atoms with Gasteiger partial charge in [0.25, 0.3) is 0 Å². The van der Waals surface area contributed by atoms with Crippen LogP contribution in [0.3, 0.4) is 0 Å². The molecule has 4 aromatic carbocycles. The second-order valence-corrected chi connectivity index (χ2v) is 19.8. The molecule has 0 bridgehead atoms. The summed E-state index contributed by atoms with van der Waals surface area (Å²) in [4.78, 5) is 9.36. The second kappa shape index (κ2) is 11.5. The average Bonchev–Trinajstić information content (AvgIpc) is 3.65. The number of anilines is 2. The van der Waals surface area contributed by atoms with Crippen molar-refractivity contribution in [3.05, 3.63) is 133 Å². The van der Waals surface area contributed by atoms with Crippen LogP contribution in [-0.4, -0.2) is 17.6 Å². The van der Waals surface area contributed by atoms with Gasteiger partial charge in [0.05, 0.1) is 0 Å². The van der Waals surface area contributed by atoms with E-state index in [9.17, 15) is 0 Å². The van der Waals surface area contributed by atoms with Crippen molar-refractivity contribution >= 4 is 46.4 Å². The number of benzene rings is 4. The zero-order chi connectivity index (χ0) is 32.7. The topological polar surface area (TPSA) is 33.5 Å². The molecule has 7 heteroatoms. The number of pyridine rings is 1. The molecule has 5 nitrogen and oxygen atoms in total. The summed E-state index contributed by atoms with van der Waals surface area (Å²) in [6, 6.07) is 39.1. The summed E-state index contributed by atoms with van der Waals surface area (Å²) >= 11 is 0. The molecule has 0 saturated carbocycles. The molecule has 48 heavy (non-hydrogen) atoms. The summed E-state index contributed by atoms with van der Waals surface area (Å²) in [6.07, 6.45) is 4.19. The molecule has 0 fully saturated rings. The van der Waals surface area contributed by atoms with Crippen LogP contribution in [0.15, 0.2) is 109 Å². The first-order valence-corrected chi connectivity index (χ1v) is 19.3. The number of para-hydroxylation sites is 2. The molecule has 0 aliphatic carbocycles. The maximum absolute atomic E-state index is 6.59. The largest absolute Gasteiger partial charge is 0.509 e. The number of allylic oxidation sites excluding steroid dienone is 1. The van der Waals surface area contributed by atoms with Crippen molar-refractivity contribution in [2.24, 2.45) is 0 Å². The number of hydrogen-bond donors (Lipinski definition) is 0. The van der Waals surface area contributed by atoms with Crippen molar-refractivity contribution in [3.8, 4) is 17.3 Å². The van der Waals surface area contributed by atoms with Crippen LogP contribution in [0.4, 0.5) is 11.4 Å². The monoisotopic (exact) mass is 826 g/mol. The van der Waals surface area contributed by atoms with Crippen LogP contribution in [0.1, 0.15) is 40.2 Å². The first-order chi connectivity index (χ1) is 22.4. The van der Waals surface area contributed by atoms with Gasteiger partial charge >= 0.3 is 0 Å². The molecule has 2 aromatic heterocycles. The molecule has 6 aromatic rings. The Labute approximate surface area is 299 Å². The van der Waals surface area contributed by atoms with Crippen LogP contribution >= 0.6 is 0 Å². The van der Waals surface area contributed by atoms with E-state index in [1.165, 1.54) is 16.4 Å². The summed E-state index contributed by atoms with van der Waals surface area (Å²) in [5, 5.41) is 3.67. The van der Waals surface area contributed by atoms with Gasteiger partial charge in [0.2, 0.25) is 0 Å². The van der Waals surface area contributed by atoms with Gasteiger partial charge in [-0.2, -0.15) is 12.1 Å². The molecular weight excluding hydrogens is 788 g/mol. The first-order valence-electron chi connectivity index (χ1n) is 16.3. The molecule has 0 spiro atoms. The molecule has 0 N–H and O–H groups in total. The van der Waals surface area contributed by atoms with Crippen LogP contribution in [0, 0.1) is 18.8 Å². The molecule has 2 aliphatic rings. The average molecular weight is 827 g/mol. The fourth-order valence-corrected chi connectivity index (χ4v) is 9.74. The van der Waals surface area contributed by atoms with E-state index in [1.54, 1.807) is 0 Å². The Balaban J connectivity index is 0.00000364. The third kappa shape index (κ3) is 5.04. The Morgan fingerprint density at radius 1 is 0.833 bits per heavy atom. The maximum Gasteiger partial charge on any atom is 0.135 e. The summed E-state index contributed by atoms with van der Waals surface area (Å²) in [7, 11) is -1.95. The predicted octanol–water partition coefficient (Wildman–Crippen LogP) is 9.86. The van der Waals surface area contributed by atoms with E-state index in [2.05, 4.69) is 172 Å². The summed E-state index contributed by atoms with van der Waals surface area (Å²) < 4.78 is 8.80. The molecule has 8 rings (SSSR count). The Morgan fingerprint density at radius 2 is 1.54 bits per heavy atom. The van der Waals surface area contributed by atoms with Gasteiger partial charge in [-0.15, -0.1) is 41.5 Å². The third-order valence-corrected chi connectivity index (χ3v) is 15.6. The molecule has 0 amide bonds. The van der Waals surface area contributed by atoms with E-state index in [4.69, 9.17) is 9.72 Å². The van der Waals surface area contributed by atoms with Gasteiger partial charge in [0.1, 0.15) is 5.82 Å². The Morgan fingerprint density at radius 3 is 2.31 bits per heavy atom. The normalized spacial score (nSPS) is 16.4. The minimum Gasteiger partial charge on any atom is -0.509 e. The minimum atomic E-state index is -1.95. The number of ether oxygens (including phenoxy) is 1. The van der Waals surface area contributed by atoms with Crippen molar-refractivity contribution in [1.29, 1.82) is 0 Å². The predicted molar refractivity (Wildman–Crippen MR) is 196 cm³/mol. The quantitative estimate of drug-likeness (QED) is 0.131. The van der Waals surface area contributed by atoms with E-state index in [-0.39, 0.29) is 31.5 Å². The van der Waals surface area contributed by atoms with Gasteiger partial charge in [-0.05, 0) is 57.9 Å². The molecule has 0 radical (unpaired) electrons. The zero-order valence-corrected chi connectivity index (χ0v) is 31.7. The van der Waals surface area contributed by atoms with Crippen molar-refractivity contribution in [2.75, 3.05) is 9.80 Å². The van der Waals surface area contributed by atoms with E-state index in [0.717, 1.165) is 39.0 Å². The smallest absolute Gasteiger partial charge is 0.135 e. The van der Waals surface area contributed by atoms with E-state index < -0.39 is 8.07 Å². The molecule has 0 unspecified atom stereocenters. The van der Waals surface area contributed by atoms with Crippen LogP contribution < -0.4 is 19.7 Å². The van der Waals surface area contributed by atoms with Gasteiger partial charge in [0.15, 0.2) is 0 Å². The molecular formula is C41H39N4OPtSi-3. The molecule has 4 heterocycles. The standard InChI is InChI=1S/C41H39N4OSi.Pt/c1-40(2,3)28-21-22-42-39(23-28)45-34-16-12-11-15-32(34)33-19-17-30(24-35(33)45)46-31-18-20-37-36(25-31)44-27-43(29-13-9-8-10-14-29)26-38(44)41(4,5)47(37,6)7;/h8-23,26-27H,1-7H3;/q-3;. The van der Waals surface area contributed by atoms with E-state index in [1.807, 2.05) is 12.3 Å². The van der Waals surface area contributed by atoms with Crippen molar-refractivity contribution in [1.82, 2.24) is 9.55 Å². The second-order valence-electron chi connectivity index (χ2n) is 14.8. The summed E-state index contributed by atoms with van der Waals surface area (Å²) in [5.74, 6) is 2.19. The van der Waals surface area contributed by atoms with E-state index in [0.29, 0.717) is 11.5 Å². The van der Waals surface area contributed by atoms with Crippen molar-refractivity contribution < 1.29 is 25.8 Å². The number of hydrogen-bond acceptors (Lipinski definition) is 4. The zero-order valence-electron chi connectivity index (χ0n) is 28.4. The van der Waals surface area contributed by atoms with Gasteiger partial charge in [-0.1, -0.05) is 95.3 Å². The van der Waals surface area contributed by atoms with Gasteiger partial charge in [0, 0.05) is 63.7 Å². The summed E-state index contributed by atoms with van der Waals surface area (Å²) in [5.41, 5.74) is 6.77. The number of rotatable bonds is 4. The molecule has 0 saturated heterocycles. The number of fused-ring (bicyclic) bond motifs is 6. The van der Waals surface area contributed by atoms with Crippen LogP contribution in [0.5, 0.6) is 11.5 Å². The maximum atomic E-state index is 6.59. The van der Waals surface area contributed by atoms with Gasteiger partial charge in [-0.25, -0.2) is 4.98 Å². The molecule has 246 valence electrons. The van der Waals surface area contributed by atoms with Crippen LogP contribution in [0.25, 0.3) is 27.6 Å². The SMILES string of the molecule is CC(C)(C)c1ccnc(-n2c3[c-]c(Oc4[c-]c5c(cc4)[Si](C)(C)C(C)(C)C4=CN(c6ccccc6)[CH-]N45)ccc3c3ccccc32)c1.[Pt]. The molecule has 0 atom stereocenters. The van der Waals surface area contributed by atoms with Crippen molar-refractivity contribution in [3.63, 3.8) is 0 Å². The number of aromatic nitrogens is 2. The fourth-order valence-electron chi connectivity index (χ4n) is 6.97. The minimum absolute atomic E-state index is 0. The van der Waals surface area contributed by atoms with Gasteiger partial charge < -0.3 is 19.1 Å². The Bertz CT molecular complexity index is 2210. The first kappa shape index (κ1) is 32.4. The van der Waals surface area contributed by atoms with Gasteiger partial charge in [-0.3, -0.25) is 0 Å². The number of nitrogens with zero attached hydrogens (tertiary/aromatic N) is 4. The molecule has 2 aliphatic heterocycles. The van der Waals surface area contributed by atoms with Crippen LogP contribution in [-0.2, 0) is 26.5 Å². The Hall–Kier alpha value is -4.12. The van der Waals surface area contributed by atoms with Crippen LogP contribution in [0.2, 0.25) is 18.1 Å². The van der Waals surface area contributed by atoms with E-state index >= 15 is 0 Å². The summed E-state index contributed by atoms with van der Waals surface area (Å²) in [6.45, 7) is 18.6.